The van der Waals surface area contributed by atoms with Crippen molar-refractivity contribution in [3.63, 3.8) is 0 Å². The van der Waals surface area contributed by atoms with Gasteiger partial charge in [0.05, 0.1) is 22.8 Å². The number of pyridine rings is 1. The number of benzene rings is 2. The van der Waals surface area contributed by atoms with E-state index in [1.165, 1.54) is 12.3 Å². The molecule has 4 aromatic rings. The number of hydrogen-bond donors (Lipinski definition) is 0. The van der Waals surface area contributed by atoms with Gasteiger partial charge in [-0.15, -0.1) is 0 Å². The highest BCUT2D eigenvalue weighted by molar-refractivity contribution is 6.40. The first-order valence-electron chi connectivity index (χ1n) is 12.8. The number of halogens is 1. The van der Waals surface area contributed by atoms with Crippen LogP contribution in [-0.4, -0.2) is 32.0 Å². The third kappa shape index (κ3) is 5.70. The number of carbonyl (C=O) groups excluding carboxylic acids is 2. The van der Waals surface area contributed by atoms with Gasteiger partial charge in [-0.25, -0.2) is 19.0 Å². The number of carbonyl (C=O) groups is 2. The molecule has 0 atom stereocenters. The normalized spacial score (nSPS) is 13.2. The van der Waals surface area contributed by atoms with Crippen LogP contribution in [0.2, 0.25) is 0 Å². The van der Waals surface area contributed by atoms with Crippen molar-refractivity contribution < 1.29 is 18.7 Å². The Bertz CT molecular complexity index is 1600. The Balaban J connectivity index is 1.33. The van der Waals surface area contributed by atoms with Crippen LogP contribution in [0.5, 0.6) is 11.5 Å². The van der Waals surface area contributed by atoms with Gasteiger partial charge in [-0.2, -0.15) is 5.10 Å². The summed E-state index contributed by atoms with van der Waals surface area (Å²) in [6.45, 7) is 7.87. The highest BCUT2D eigenvalue weighted by Gasteiger charge is 2.24. The summed E-state index contributed by atoms with van der Waals surface area (Å²) in [4.78, 5) is 33.6. The molecule has 3 heterocycles. The van der Waals surface area contributed by atoms with Crippen LogP contribution in [-0.2, 0) is 34.3 Å². The lowest BCUT2D eigenvalue weighted by atomic mass is 9.92. The first-order valence-corrected chi connectivity index (χ1v) is 12.8. The second-order valence-corrected chi connectivity index (χ2v) is 10.7. The Morgan fingerprint density at radius 1 is 1.05 bits per heavy atom. The predicted octanol–water partition coefficient (Wildman–Crippen LogP) is 6.07. The summed E-state index contributed by atoms with van der Waals surface area (Å²) in [7, 11) is 0. The molecule has 1 aliphatic heterocycles. The predicted molar refractivity (Wildman–Crippen MR) is 147 cm³/mol. The van der Waals surface area contributed by atoms with E-state index in [1.807, 2.05) is 36.4 Å². The number of ketones is 2. The van der Waals surface area contributed by atoms with Gasteiger partial charge in [-0.1, -0.05) is 45.0 Å². The minimum absolute atomic E-state index is 0.0654. The fourth-order valence-electron chi connectivity index (χ4n) is 4.38. The van der Waals surface area contributed by atoms with Crippen LogP contribution in [0.25, 0.3) is 5.69 Å². The summed E-state index contributed by atoms with van der Waals surface area (Å²) >= 11 is 0. The summed E-state index contributed by atoms with van der Waals surface area (Å²) in [5.74, 6) is 0.306. The molecule has 0 radical (unpaired) electrons. The molecular weight excluding hydrogens is 495 g/mol. The van der Waals surface area contributed by atoms with E-state index in [9.17, 15) is 9.59 Å². The third-order valence-corrected chi connectivity index (χ3v) is 6.58. The molecular formula is C31H29FN4O3. The van der Waals surface area contributed by atoms with E-state index in [0.29, 0.717) is 22.8 Å². The molecule has 0 bridgehead atoms. The summed E-state index contributed by atoms with van der Waals surface area (Å²) in [6.07, 6.45) is 1.71. The maximum Gasteiger partial charge on any atom is 0.181 e. The fourth-order valence-corrected chi connectivity index (χ4v) is 4.38. The maximum absolute atomic E-state index is 15.1. The van der Waals surface area contributed by atoms with E-state index in [1.54, 1.807) is 29.8 Å². The molecule has 1 aliphatic rings. The molecule has 0 aliphatic carbocycles. The number of aliphatic imine (C=N–C) groups is 1. The molecule has 0 saturated heterocycles. The molecule has 5 rings (SSSR count). The van der Waals surface area contributed by atoms with E-state index in [0.717, 1.165) is 17.1 Å². The largest absolute Gasteiger partial charge is 0.457 e. The maximum atomic E-state index is 15.1. The van der Waals surface area contributed by atoms with E-state index in [4.69, 9.17) is 9.84 Å². The first kappa shape index (κ1) is 26.2. The molecule has 0 unspecified atom stereocenters. The number of nitrogens with zero attached hydrogens (tertiary/aromatic N) is 4. The van der Waals surface area contributed by atoms with Gasteiger partial charge in [0.15, 0.2) is 11.6 Å². The topological polar surface area (TPSA) is 86.4 Å². The number of hydrogen-bond acceptors (Lipinski definition) is 6. The van der Waals surface area contributed by atoms with Gasteiger partial charge in [0, 0.05) is 42.5 Å². The zero-order chi connectivity index (χ0) is 27.7. The van der Waals surface area contributed by atoms with Crippen LogP contribution in [0.4, 0.5) is 10.2 Å². The first-order chi connectivity index (χ1) is 18.6. The fraction of sp³-hybridized carbons (Fsp3) is 0.258. The molecule has 2 aromatic heterocycles. The number of aromatic nitrogens is 3. The average Bonchev–Trinajstić information content (AvgIpc) is 3.32. The Morgan fingerprint density at radius 3 is 2.54 bits per heavy atom. The highest BCUT2D eigenvalue weighted by atomic mass is 19.1. The Kier molecular flexibility index (Phi) is 6.95. The van der Waals surface area contributed by atoms with Gasteiger partial charge in [-0.05, 0) is 42.8 Å². The van der Waals surface area contributed by atoms with Crippen molar-refractivity contribution >= 4 is 23.1 Å². The van der Waals surface area contributed by atoms with Crippen molar-refractivity contribution in [2.75, 3.05) is 0 Å². The van der Waals surface area contributed by atoms with Crippen LogP contribution < -0.4 is 4.74 Å². The number of ether oxygens (including phenoxy) is 1. The molecule has 7 nitrogen and oxygen atoms in total. The van der Waals surface area contributed by atoms with Gasteiger partial charge >= 0.3 is 0 Å². The van der Waals surface area contributed by atoms with Crippen molar-refractivity contribution in [3.05, 3.63) is 95.2 Å². The number of Topliss-reactive ketones (excluding diaryl/α,β-unsaturated/α-hetero) is 2. The Labute approximate surface area is 226 Å². The Hall–Kier alpha value is -4.46. The quantitative estimate of drug-likeness (QED) is 0.293. The van der Waals surface area contributed by atoms with Gasteiger partial charge in [0.25, 0.3) is 0 Å². The molecule has 0 N–H and O–H groups in total. The third-order valence-electron chi connectivity index (χ3n) is 6.58. The molecule has 0 fully saturated rings. The average molecular weight is 525 g/mol. The van der Waals surface area contributed by atoms with Crippen molar-refractivity contribution in [1.82, 2.24) is 14.8 Å². The zero-order valence-electron chi connectivity index (χ0n) is 22.4. The van der Waals surface area contributed by atoms with Crippen molar-refractivity contribution in [2.24, 2.45) is 4.99 Å². The highest BCUT2D eigenvalue weighted by Crippen LogP contribution is 2.34. The summed E-state index contributed by atoms with van der Waals surface area (Å²) in [5.41, 5.74) is 3.55. The molecule has 198 valence electrons. The smallest absolute Gasteiger partial charge is 0.181 e. The van der Waals surface area contributed by atoms with Gasteiger partial charge in [0.1, 0.15) is 23.1 Å². The lowest BCUT2D eigenvalue weighted by molar-refractivity contribution is -0.118. The summed E-state index contributed by atoms with van der Waals surface area (Å²) < 4.78 is 22.8. The van der Waals surface area contributed by atoms with Crippen molar-refractivity contribution in [3.8, 4) is 17.2 Å². The molecule has 0 saturated carbocycles. The molecule has 2 aromatic carbocycles. The monoisotopic (exact) mass is 524 g/mol. The second-order valence-electron chi connectivity index (χ2n) is 10.7. The molecule has 8 heteroatoms. The number of fused-ring (bicyclic) bond motifs is 1. The van der Waals surface area contributed by atoms with Gasteiger partial charge in [-0.3, -0.25) is 9.59 Å². The van der Waals surface area contributed by atoms with Gasteiger partial charge in [0.2, 0.25) is 0 Å². The second kappa shape index (κ2) is 10.4. The van der Waals surface area contributed by atoms with Crippen LogP contribution in [0, 0.1) is 5.82 Å². The lowest BCUT2D eigenvalue weighted by Gasteiger charge is -2.16. The van der Waals surface area contributed by atoms with Crippen molar-refractivity contribution in [2.45, 2.75) is 52.4 Å². The number of rotatable bonds is 7. The molecule has 39 heavy (non-hydrogen) atoms. The van der Waals surface area contributed by atoms with Crippen LogP contribution in [0.1, 0.15) is 50.2 Å². The van der Waals surface area contributed by atoms with E-state index in [-0.39, 0.29) is 47.6 Å². The SMILES string of the molecule is CC1=Nc2nccc(Oc3ccc(CC(=O)Cc4cc(C(C)(C)C)nn4-c4ccccc4)c(F)c3)c2CC1=O. The van der Waals surface area contributed by atoms with Crippen LogP contribution >= 0.6 is 0 Å². The lowest BCUT2D eigenvalue weighted by Crippen LogP contribution is -2.17. The van der Waals surface area contributed by atoms with Gasteiger partial charge < -0.3 is 4.74 Å². The van der Waals surface area contributed by atoms with Crippen LogP contribution in [0.3, 0.4) is 0 Å². The molecule has 0 spiro atoms. The molecule has 0 amide bonds. The van der Waals surface area contributed by atoms with Crippen LogP contribution in [0.15, 0.2) is 71.9 Å². The van der Waals surface area contributed by atoms with E-state index < -0.39 is 5.82 Å². The summed E-state index contributed by atoms with van der Waals surface area (Å²) in [5, 5.41) is 4.76. The Morgan fingerprint density at radius 2 is 1.82 bits per heavy atom. The number of para-hydroxylation sites is 1. The standard InChI is InChI=1S/C31H29FN4O3/c1-19-27(38)18-25-28(12-13-33-30(25)34-19)39-24-11-10-20(26(32)17-24)14-23(37)15-22-16-29(31(2,3)4)35-36(22)21-8-6-5-7-9-21/h5-13,16-17H,14-15,18H2,1-4H3. The van der Waals surface area contributed by atoms with E-state index in [2.05, 4.69) is 30.7 Å². The zero-order valence-corrected chi connectivity index (χ0v) is 22.4. The minimum atomic E-state index is -0.541. The van der Waals surface area contributed by atoms with E-state index >= 15 is 4.39 Å². The summed E-state index contributed by atoms with van der Waals surface area (Å²) in [6, 6.07) is 17.6. The van der Waals surface area contributed by atoms with Crippen molar-refractivity contribution in [1.29, 1.82) is 0 Å². The minimum Gasteiger partial charge on any atom is -0.457 e.